The Bertz CT molecular complexity index is 286. The van der Waals surface area contributed by atoms with E-state index in [-0.39, 0.29) is 5.75 Å². The maximum absolute atomic E-state index is 9.37. The van der Waals surface area contributed by atoms with Crippen molar-refractivity contribution in [2.45, 2.75) is 0 Å². The maximum atomic E-state index is 9.37. The van der Waals surface area contributed by atoms with Crippen LogP contribution in [0, 0.1) is 0 Å². The highest BCUT2D eigenvalue weighted by Crippen LogP contribution is 2.38. The third kappa shape index (κ3) is 1.64. The molecule has 0 amide bonds. The SMILES string of the molecule is COc1cc(Br)cc(O)c1OC. The normalized spacial score (nSPS) is 9.58. The molecule has 1 N–H and O–H groups in total. The van der Waals surface area contributed by atoms with Crippen LogP contribution in [0.4, 0.5) is 0 Å². The molecule has 12 heavy (non-hydrogen) atoms. The molecule has 4 heteroatoms. The van der Waals surface area contributed by atoms with Crippen molar-refractivity contribution in [2.24, 2.45) is 0 Å². The molecule has 0 aromatic heterocycles. The van der Waals surface area contributed by atoms with Crippen LogP contribution >= 0.6 is 15.9 Å². The highest BCUT2D eigenvalue weighted by Gasteiger charge is 2.09. The summed E-state index contributed by atoms with van der Waals surface area (Å²) in [7, 11) is 3.00. The van der Waals surface area contributed by atoms with Crippen LogP contribution in [-0.4, -0.2) is 19.3 Å². The first-order valence-corrected chi connectivity index (χ1v) is 4.09. The van der Waals surface area contributed by atoms with Crippen LogP contribution in [0.1, 0.15) is 0 Å². The van der Waals surface area contributed by atoms with E-state index in [4.69, 9.17) is 9.47 Å². The quantitative estimate of drug-likeness (QED) is 0.850. The van der Waals surface area contributed by atoms with Crippen LogP contribution in [-0.2, 0) is 0 Å². The highest BCUT2D eigenvalue weighted by atomic mass is 79.9. The molecule has 0 atom stereocenters. The topological polar surface area (TPSA) is 38.7 Å². The molecule has 0 aliphatic rings. The standard InChI is InChI=1S/C8H9BrO3/c1-11-7-4-5(9)3-6(10)8(7)12-2/h3-4,10H,1-2H3. The Labute approximate surface area is 79.1 Å². The van der Waals surface area contributed by atoms with Crippen molar-refractivity contribution in [1.82, 2.24) is 0 Å². The van der Waals surface area contributed by atoms with Gasteiger partial charge in [-0.2, -0.15) is 0 Å². The molecule has 0 saturated heterocycles. The van der Waals surface area contributed by atoms with E-state index < -0.39 is 0 Å². The fraction of sp³-hybridized carbons (Fsp3) is 0.250. The van der Waals surface area contributed by atoms with Gasteiger partial charge in [-0.15, -0.1) is 0 Å². The summed E-state index contributed by atoms with van der Waals surface area (Å²) in [6.07, 6.45) is 0. The van der Waals surface area contributed by atoms with Crippen LogP contribution in [0.25, 0.3) is 0 Å². The average molecular weight is 233 g/mol. The van der Waals surface area contributed by atoms with Crippen molar-refractivity contribution >= 4 is 15.9 Å². The van der Waals surface area contributed by atoms with E-state index in [0.717, 1.165) is 4.47 Å². The Morgan fingerprint density at radius 3 is 2.42 bits per heavy atom. The lowest BCUT2D eigenvalue weighted by molar-refractivity contribution is 0.333. The summed E-state index contributed by atoms with van der Waals surface area (Å²) in [5.41, 5.74) is 0. The van der Waals surface area contributed by atoms with Crippen molar-refractivity contribution in [3.8, 4) is 17.2 Å². The number of methoxy groups -OCH3 is 2. The Morgan fingerprint density at radius 2 is 1.92 bits per heavy atom. The Hall–Kier alpha value is -0.900. The molecule has 1 aromatic carbocycles. The molecule has 1 rings (SSSR count). The van der Waals surface area contributed by atoms with E-state index in [1.54, 1.807) is 12.1 Å². The molecular weight excluding hydrogens is 224 g/mol. The van der Waals surface area contributed by atoms with Gasteiger partial charge in [0.05, 0.1) is 14.2 Å². The van der Waals surface area contributed by atoms with E-state index in [9.17, 15) is 5.11 Å². The fourth-order valence-electron chi connectivity index (χ4n) is 0.912. The van der Waals surface area contributed by atoms with Crippen LogP contribution in [0.3, 0.4) is 0 Å². The van der Waals surface area contributed by atoms with Gasteiger partial charge in [0.15, 0.2) is 11.5 Å². The van der Waals surface area contributed by atoms with E-state index in [2.05, 4.69) is 15.9 Å². The van der Waals surface area contributed by atoms with Crippen molar-refractivity contribution in [3.05, 3.63) is 16.6 Å². The molecule has 1 aromatic rings. The van der Waals surface area contributed by atoms with Crippen LogP contribution in [0.5, 0.6) is 17.2 Å². The predicted molar refractivity (Wildman–Crippen MR) is 48.9 cm³/mol. The summed E-state index contributed by atoms with van der Waals surface area (Å²) in [6.45, 7) is 0. The molecule has 0 spiro atoms. The third-order valence-electron chi connectivity index (χ3n) is 1.42. The minimum atomic E-state index is 0.0590. The van der Waals surface area contributed by atoms with Crippen molar-refractivity contribution < 1.29 is 14.6 Å². The van der Waals surface area contributed by atoms with Crippen LogP contribution in [0.2, 0.25) is 0 Å². The van der Waals surface area contributed by atoms with Gasteiger partial charge in [-0.25, -0.2) is 0 Å². The molecule has 0 aliphatic carbocycles. The Balaban J connectivity index is 3.24. The second kappa shape index (κ2) is 3.67. The van der Waals surface area contributed by atoms with Gasteiger partial charge >= 0.3 is 0 Å². The van der Waals surface area contributed by atoms with Gasteiger partial charge in [-0.1, -0.05) is 15.9 Å². The number of phenolic OH excluding ortho intramolecular Hbond substituents is 1. The van der Waals surface area contributed by atoms with Crippen molar-refractivity contribution in [1.29, 1.82) is 0 Å². The minimum absolute atomic E-state index is 0.0590. The predicted octanol–water partition coefficient (Wildman–Crippen LogP) is 2.17. The molecule has 0 saturated carbocycles. The number of phenols is 1. The lowest BCUT2D eigenvalue weighted by Gasteiger charge is -2.08. The number of hydrogen-bond acceptors (Lipinski definition) is 3. The number of benzene rings is 1. The van der Waals surface area contributed by atoms with Gasteiger partial charge < -0.3 is 14.6 Å². The molecule has 0 bridgehead atoms. The second-order valence-corrected chi connectivity index (χ2v) is 3.08. The summed E-state index contributed by atoms with van der Waals surface area (Å²) in [5.74, 6) is 0.911. The molecular formula is C8H9BrO3. The first-order chi connectivity index (χ1) is 5.69. The zero-order valence-electron chi connectivity index (χ0n) is 6.80. The van der Waals surface area contributed by atoms with E-state index in [1.807, 2.05) is 0 Å². The van der Waals surface area contributed by atoms with E-state index in [0.29, 0.717) is 11.5 Å². The summed E-state index contributed by atoms with van der Waals surface area (Å²) < 4.78 is 10.7. The van der Waals surface area contributed by atoms with Gasteiger partial charge in [-0.05, 0) is 12.1 Å². The van der Waals surface area contributed by atoms with E-state index in [1.165, 1.54) is 14.2 Å². The third-order valence-corrected chi connectivity index (χ3v) is 1.88. The van der Waals surface area contributed by atoms with Crippen LogP contribution in [0.15, 0.2) is 16.6 Å². The number of aromatic hydroxyl groups is 1. The lowest BCUT2D eigenvalue weighted by atomic mass is 10.3. The van der Waals surface area contributed by atoms with E-state index >= 15 is 0 Å². The van der Waals surface area contributed by atoms with Gasteiger partial charge in [0, 0.05) is 4.47 Å². The number of hydrogen-bond donors (Lipinski definition) is 1. The van der Waals surface area contributed by atoms with Crippen molar-refractivity contribution in [3.63, 3.8) is 0 Å². The molecule has 0 unspecified atom stereocenters. The van der Waals surface area contributed by atoms with Gasteiger partial charge in [0.25, 0.3) is 0 Å². The molecule has 0 heterocycles. The largest absolute Gasteiger partial charge is 0.504 e. The minimum Gasteiger partial charge on any atom is -0.504 e. The molecule has 0 radical (unpaired) electrons. The van der Waals surface area contributed by atoms with Gasteiger partial charge in [-0.3, -0.25) is 0 Å². The summed E-state index contributed by atoms with van der Waals surface area (Å²) in [4.78, 5) is 0. The van der Waals surface area contributed by atoms with Gasteiger partial charge in [0.1, 0.15) is 0 Å². The van der Waals surface area contributed by atoms with Crippen molar-refractivity contribution in [2.75, 3.05) is 14.2 Å². The highest BCUT2D eigenvalue weighted by molar-refractivity contribution is 9.10. The van der Waals surface area contributed by atoms with Crippen LogP contribution < -0.4 is 9.47 Å². The summed E-state index contributed by atoms with van der Waals surface area (Å²) in [6, 6.07) is 3.26. The number of rotatable bonds is 2. The molecule has 3 nitrogen and oxygen atoms in total. The number of ether oxygens (including phenoxy) is 2. The molecule has 0 aliphatic heterocycles. The lowest BCUT2D eigenvalue weighted by Crippen LogP contribution is -1.90. The zero-order chi connectivity index (χ0) is 9.14. The van der Waals surface area contributed by atoms with Gasteiger partial charge in [0.2, 0.25) is 5.75 Å². The summed E-state index contributed by atoms with van der Waals surface area (Å²) >= 11 is 3.22. The maximum Gasteiger partial charge on any atom is 0.203 e. The first kappa shape index (κ1) is 9.19. The number of halogens is 1. The fourth-order valence-corrected chi connectivity index (χ4v) is 1.34. The second-order valence-electron chi connectivity index (χ2n) is 2.16. The molecule has 0 fully saturated rings. The molecule has 66 valence electrons. The Morgan fingerprint density at radius 1 is 1.25 bits per heavy atom. The first-order valence-electron chi connectivity index (χ1n) is 3.29. The summed E-state index contributed by atoms with van der Waals surface area (Å²) in [5, 5.41) is 9.37. The average Bonchev–Trinajstić information content (AvgIpc) is 2.03. The monoisotopic (exact) mass is 232 g/mol. The smallest absolute Gasteiger partial charge is 0.203 e. The Kier molecular flexibility index (Phi) is 2.81. The zero-order valence-corrected chi connectivity index (χ0v) is 8.38.